The summed E-state index contributed by atoms with van der Waals surface area (Å²) < 4.78 is 4.92. The van der Waals surface area contributed by atoms with Crippen molar-refractivity contribution in [1.29, 1.82) is 0 Å². The van der Waals surface area contributed by atoms with Crippen LogP contribution in [0.2, 0.25) is 0 Å². The molecular formula is C11H14O3. The van der Waals surface area contributed by atoms with E-state index in [0.717, 1.165) is 0 Å². The van der Waals surface area contributed by atoms with Gasteiger partial charge in [0.1, 0.15) is 0 Å². The van der Waals surface area contributed by atoms with E-state index in [2.05, 4.69) is 0 Å². The molecule has 0 heterocycles. The molecule has 0 aromatic heterocycles. The summed E-state index contributed by atoms with van der Waals surface area (Å²) in [6.07, 6.45) is 0.588. The SMILES string of the molecule is CCC1=C(C)C(=O)C(OC)=C(C)C1=O. The van der Waals surface area contributed by atoms with Gasteiger partial charge in [-0.2, -0.15) is 0 Å². The molecule has 0 radical (unpaired) electrons. The summed E-state index contributed by atoms with van der Waals surface area (Å²) in [4.78, 5) is 23.4. The van der Waals surface area contributed by atoms with E-state index in [1.54, 1.807) is 13.8 Å². The Morgan fingerprint density at radius 1 is 1.07 bits per heavy atom. The molecular weight excluding hydrogens is 180 g/mol. The summed E-state index contributed by atoms with van der Waals surface area (Å²) in [6.45, 7) is 5.17. The van der Waals surface area contributed by atoms with Crippen molar-refractivity contribution in [2.24, 2.45) is 0 Å². The van der Waals surface area contributed by atoms with E-state index in [-0.39, 0.29) is 17.3 Å². The van der Waals surface area contributed by atoms with Crippen molar-refractivity contribution in [2.45, 2.75) is 27.2 Å². The number of ketones is 2. The Morgan fingerprint density at radius 2 is 1.64 bits per heavy atom. The van der Waals surface area contributed by atoms with E-state index in [4.69, 9.17) is 4.74 Å². The van der Waals surface area contributed by atoms with Crippen molar-refractivity contribution >= 4 is 11.6 Å². The Bertz CT molecular complexity index is 323. The molecule has 3 heteroatoms. The zero-order chi connectivity index (χ0) is 10.9. The molecule has 0 saturated heterocycles. The third kappa shape index (κ3) is 1.39. The molecule has 0 aromatic rings. The van der Waals surface area contributed by atoms with Crippen LogP contribution in [0.4, 0.5) is 0 Å². The molecule has 0 bridgehead atoms. The van der Waals surface area contributed by atoms with Gasteiger partial charge in [0, 0.05) is 16.7 Å². The zero-order valence-electron chi connectivity index (χ0n) is 8.93. The first-order chi connectivity index (χ1) is 6.54. The molecule has 0 aromatic carbocycles. The van der Waals surface area contributed by atoms with Crippen LogP contribution in [0.15, 0.2) is 22.5 Å². The number of methoxy groups -OCH3 is 1. The molecule has 1 aliphatic carbocycles. The molecule has 0 fully saturated rings. The van der Waals surface area contributed by atoms with Gasteiger partial charge in [0.2, 0.25) is 5.78 Å². The topological polar surface area (TPSA) is 43.4 Å². The van der Waals surface area contributed by atoms with Crippen molar-refractivity contribution in [3.63, 3.8) is 0 Å². The molecule has 0 spiro atoms. The van der Waals surface area contributed by atoms with E-state index in [9.17, 15) is 9.59 Å². The fourth-order valence-electron chi connectivity index (χ4n) is 1.65. The van der Waals surface area contributed by atoms with Crippen molar-refractivity contribution in [3.05, 3.63) is 22.5 Å². The van der Waals surface area contributed by atoms with Crippen LogP contribution >= 0.6 is 0 Å². The van der Waals surface area contributed by atoms with Crippen LogP contribution in [0.5, 0.6) is 0 Å². The number of hydrogen-bond acceptors (Lipinski definition) is 3. The summed E-state index contributed by atoms with van der Waals surface area (Å²) >= 11 is 0. The maximum Gasteiger partial charge on any atom is 0.224 e. The van der Waals surface area contributed by atoms with Gasteiger partial charge in [0.15, 0.2) is 11.5 Å². The van der Waals surface area contributed by atoms with Crippen LogP contribution in [0, 0.1) is 0 Å². The van der Waals surface area contributed by atoms with Gasteiger partial charge in [-0.3, -0.25) is 9.59 Å². The van der Waals surface area contributed by atoms with Crippen molar-refractivity contribution in [3.8, 4) is 0 Å². The fraction of sp³-hybridized carbons (Fsp3) is 0.455. The monoisotopic (exact) mass is 194 g/mol. The average molecular weight is 194 g/mol. The molecule has 0 saturated carbocycles. The standard InChI is InChI=1S/C11H14O3/c1-5-8-6(2)10(13)11(14-4)7(3)9(8)12/h5H2,1-4H3. The predicted octanol–water partition coefficient (Wildman–Crippen LogP) is 1.79. The molecule has 1 aliphatic rings. The van der Waals surface area contributed by atoms with Gasteiger partial charge in [0.05, 0.1) is 7.11 Å². The van der Waals surface area contributed by atoms with Crippen LogP contribution in [0.1, 0.15) is 27.2 Å². The van der Waals surface area contributed by atoms with Crippen LogP contribution in [-0.4, -0.2) is 18.7 Å². The average Bonchev–Trinajstić information content (AvgIpc) is 2.17. The number of rotatable bonds is 2. The molecule has 0 unspecified atom stereocenters. The lowest BCUT2D eigenvalue weighted by atomic mass is 9.88. The Hall–Kier alpha value is -1.38. The maximum absolute atomic E-state index is 11.7. The number of ether oxygens (including phenoxy) is 1. The van der Waals surface area contributed by atoms with Crippen LogP contribution in [-0.2, 0) is 14.3 Å². The largest absolute Gasteiger partial charge is 0.492 e. The quantitative estimate of drug-likeness (QED) is 0.629. The summed E-state index contributed by atoms with van der Waals surface area (Å²) in [7, 11) is 1.41. The van der Waals surface area contributed by atoms with Gasteiger partial charge >= 0.3 is 0 Å². The first-order valence-electron chi connectivity index (χ1n) is 4.58. The minimum Gasteiger partial charge on any atom is -0.492 e. The van der Waals surface area contributed by atoms with Crippen molar-refractivity contribution in [1.82, 2.24) is 0 Å². The Labute approximate surface area is 83.4 Å². The summed E-state index contributed by atoms with van der Waals surface area (Å²) in [6, 6.07) is 0. The third-order valence-electron chi connectivity index (χ3n) is 2.51. The molecule has 14 heavy (non-hydrogen) atoms. The Morgan fingerprint density at radius 3 is 2.07 bits per heavy atom. The van der Waals surface area contributed by atoms with Gasteiger partial charge in [-0.05, 0) is 20.3 Å². The second-order valence-electron chi connectivity index (χ2n) is 3.27. The predicted molar refractivity (Wildman–Crippen MR) is 52.7 cm³/mol. The molecule has 0 N–H and O–H groups in total. The van der Waals surface area contributed by atoms with Crippen LogP contribution in [0.3, 0.4) is 0 Å². The lowest BCUT2D eigenvalue weighted by Crippen LogP contribution is -2.22. The van der Waals surface area contributed by atoms with Gasteiger partial charge in [-0.1, -0.05) is 6.92 Å². The molecule has 0 aliphatic heterocycles. The molecule has 0 amide bonds. The highest BCUT2D eigenvalue weighted by atomic mass is 16.5. The summed E-state index contributed by atoms with van der Waals surface area (Å²) in [5, 5.41) is 0. The van der Waals surface area contributed by atoms with E-state index in [1.807, 2.05) is 6.92 Å². The van der Waals surface area contributed by atoms with Crippen LogP contribution in [0.25, 0.3) is 0 Å². The number of hydrogen-bond donors (Lipinski definition) is 0. The Kier molecular flexibility index (Phi) is 2.89. The van der Waals surface area contributed by atoms with Gasteiger partial charge < -0.3 is 4.74 Å². The highest BCUT2D eigenvalue weighted by Crippen LogP contribution is 2.26. The minimum absolute atomic E-state index is 0.0681. The number of allylic oxidation sites excluding steroid dienone is 3. The molecule has 1 rings (SSSR count). The van der Waals surface area contributed by atoms with Gasteiger partial charge in [-0.25, -0.2) is 0 Å². The molecule has 0 atom stereocenters. The number of Topliss-reactive ketones (excluding diaryl/α,β-unsaturated/α-hetero) is 2. The van der Waals surface area contributed by atoms with Gasteiger partial charge in [0.25, 0.3) is 0 Å². The lowest BCUT2D eigenvalue weighted by Gasteiger charge is -2.18. The van der Waals surface area contributed by atoms with E-state index in [1.165, 1.54) is 7.11 Å². The highest BCUT2D eigenvalue weighted by molar-refractivity contribution is 6.23. The maximum atomic E-state index is 11.7. The second-order valence-corrected chi connectivity index (χ2v) is 3.27. The van der Waals surface area contributed by atoms with Crippen molar-refractivity contribution in [2.75, 3.05) is 7.11 Å². The third-order valence-corrected chi connectivity index (χ3v) is 2.51. The summed E-state index contributed by atoms with van der Waals surface area (Å²) in [5.74, 6) is -0.0485. The van der Waals surface area contributed by atoms with Crippen LogP contribution < -0.4 is 0 Å². The molecule has 3 nitrogen and oxygen atoms in total. The lowest BCUT2D eigenvalue weighted by molar-refractivity contribution is -0.118. The second kappa shape index (κ2) is 3.78. The first kappa shape index (κ1) is 10.7. The minimum atomic E-state index is -0.165. The smallest absolute Gasteiger partial charge is 0.224 e. The number of carbonyl (C=O) groups excluding carboxylic acids is 2. The Balaban J connectivity index is 3.28. The van der Waals surface area contributed by atoms with Gasteiger partial charge in [-0.15, -0.1) is 0 Å². The fourth-order valence-corrected chi connectivity index (χ4v) is 1.65. The van der Waals surface area contributed by atoms with E-state index in [0.29, 0.717) is 23.1 Å². The molecule has 76 valence electrons. The van der Waals surface area contributed by atoms with E-state index < -0.39 is 0 Å². The number of carbonyl (C=O) groups is 2. The zero-order valence-corrected chi connectivity index (χ0v) is 8.93. The first-order valence-corrected chi connectivity index (χ1v) is 4.58. The van der Waals surface area contributed by atoms with Crippen molar-refractivity contribution < 1.29 is 14.3 Å². The summed E-state index contributed by atoms with van der Waals surface area (Å²) in [5.41, 5.74) is 1.54. The normalized spacial score (nSPS) is 18.0. The highest BCUT2D eigenvalue weighted by Gasteiger charge is 2.29. The van der Waals surface area contributed by atoms with E-state index >= 15 is 0 Å².